The number of hydrogen-bond acceptors (Lipinski definition) is 4. The number of nitrogens with zero attached hydrogens (tertiary/aromatic N) is 1. The number of carboxylic acids is 1. The predicted molar refractivity (Wildman–Crippen MR) is 101 cm³/mol. The van der Waals surface area contributed by atoms with Gasteiger partial charge in [-0.3, -0.25) is 14.5 Å². The molecule has 0 radical (unpaired) electrons. The summed E-state index contributed by atoms with van der Waals surface area (Å²) < 4.78 is 5.80. The van der Waals surface area contributed by atoms with Crippen molar-refractivity contribution in [2.24, 2.45) is 0 Å². The van der Waals surface area contributed by atoms with Gasteiger partial charge in [-0.05, 0) is 42.6 Å². The maximum atomic E-state index is 12.3. The standard InChI is InChI=1S/C21H24N2O4/c24-20(14-23-12-6-11-19(23)21(25)26)22-13-16-7-4-5-8-17(16)15-27-18-9-2-1-3-10-18/h1-5,7-10,19H,6,11-15H2,(H,22,24)(H,25,26). The molecule has 1 aliphatic rings. The lowest BCUT2D eigenvalue weighted by molar-refractivity contribution is -0.142. The molecule has 2 aromatic rings. The number of carbonyl (C=O) groups is 2. The maximum absolute atomic E-state index is 12.3. The molecular formula is C21H24N2O4. The fraction of sp³-hybridized carbons (Fsp3) is 0.333. The number of likely N-dealkylation sites (tertiary alicyclic amines) is 1. The molecule has 2 N–H and O–H groups in total. The molecule has 142 valence electrons. The van der Waals surface area contributed by atoms with Crippen molar-refractivity contribution in [1.29, 1.82) is 0 Å². The van der Waals surface area contributed by atoms with Crippen LogP contribution in [0.25, 0.3) is 0 Å². The molecule has 1 aliphatic heterocycles. The summed E-state index contributed by atoms with van der Waals surface area (Å²) in [6, 6.07) is 16.8. The lowest BCUT2D eigenvalue weighted by Gasteiger charge is -2.20. The Labute approximate surface area is 158 Å². The van der Waals surface area contributed by atoms with Crippen LogP contribution in [0.4, 0.5) is 0 Å². The van der Waals surface area contributed by atoms with Crippen molar-refractivity contribution in [3.05, 3.63) is 65.7 Å². The number of carbonyl (C=O) groups excluding carboxylic acids is 1. The van der Waals surface area contributed by atoms with E-state index in [0.717, 1.165) is 23.3 Å². The van der Waals surface area contributed by atoms with Gasteiger partial charge >= 0.3 is 5.97 Å². The summed E-state index contributed by atoms with van der Waals surface area (Å²) in [6.45, 7) is 1.56. The normalized spacial score (nSPS) is 16.8. The van der Waals surface area contributed by atoms with Crippen LogP contribution in [0.2, 0.25) is 0 Å². The van der Waals surface area contributed by atoms with Crippen molar-refractivity contribution in [2.45, 2.75) is 32.0 Å². The molecule has 3 rings (SSSR count). The van der Waals surface area contributed by atoms with Gasteiger partial charge in [0.2, 0.25) is 5.91 Å². The summed E-state index contributed by atoms with van der Waals surface area (Å²) in [5.41, 5.74) is 1.99. The number of para-hydroxylation sites is 1. The first-order chi connectivity index (χ1) is 13.1. The van der Waals surface area contributed by atoms with Gasteiger partial charge in [-0.1, -0.05) is 42.5 Å². The summed E-state index contributed by atoms with van der Waals surface area (Å²) >= 11 is 0. The molecule has 27 heavy (non-hydrogen) atoms. The van der Waals surface area contributed by atoms with Crippen LogP contribution in [0.3, 0.4) is 0 Å². The Morgan fingerprint density at radius 2 is 1.78 bits per heavy atom. The van der Waals surface area contributed by atoms with Crippen molar-refractivity contribution in [3.8, 4) is 5.75 Å². The zero-order chi connectivity index (χ0) is 19.1. The Morgan fingerprint density at radius 1 is 1.07 bits per heavy atom. The second-order valence-corrected chi connectivity index (χ2v) is 6.61. The van der Waals surface area contributed by atoms with Gasteiger partial charge in [0, 0.05) is 6.54 Å². The Hall–Kier alpha value is -2.86. The Balaban J connectivity index is 1.53. The number of carboxylic acid groups (broad SMARTS) is 1. The summed E-state index contributed by atoms with van der Waals surface area (Å²) in [5, 5.41) is 12.1. The fourth-order valence-electron chi connectivity index (χ4n) is 3.28. The minimum atomic E-state index is -0.858. The first-order valence-electron chi connectivity index (χ1n) is 9.11. The molecule has 6 nitrogen and oxygen atoms in total. The van der Waals surface area contributed by atoms with Gasteiger partial charge in [0.1, 0.15) is 18.4 Å². The average molecular weight is 368 g/mol. The lowest BCUT2D eigenvalue weighted by Crippen LogP contribution is -2.42. The van der Waals surface area contributed by atoms with Crippen LogP contribution in [0.1, 0.15) is 24.0 Å². The Morgan fingerprint density at radius 3 is 2.52 bits per heavy atom. The van der Waals surface area contributed by atoms with E-state index < -0.39 is 12.0 Å². The molecule has 6 heteroatoms. The van der Waals surface area contributed by atoms with Gasteiger partial charge < -0.3 is 15.2 Å². The fourth-order valence-corrected chi connectivity index (χ4v) is 3.28. The van der Waals surface area contributed by atoms with E-state index in [1.165, 1.54) is 0 Å². The van der Waals surface area contributed by atoms with Crippen LogP contribution < -0.4 is 10.1 Å². The van der Waals surface area contributed by atoms with E-state index in [1.54, 1.807) is 4.90 Å². The molecule has 0 saturated carbocycles. The zero-order valence-electron chi connectivity index (χ0n) is 15.1. The average Bonchev–Trinajstić information content (AvgIpc) is 3.14. The highest BCUT2D eigenvalue weighted by molar-refractivity contribution is 5.80. The maximum Gasteiger partial charge on any atom is 0.320 e. The first kappa shape index (κ1) is 18.9. The third-order valence-electron chi connectivity index (χ3n) is 4.73. The van der Waals surface area contributed by atoms with E-state index in [-0.39, 0.29) is 12.5 Å². The molecule has 1 atom stereocenters. The van der Waals surface area contributed by atoms with Crippen LogP contribution in [0.15, 0.2) is 54.6 Å². The van der Waals surface area contributed by atoms with Gasteiger partial charge in [0.15, 0.2) is 0 Å². The molecule has 0 aliphatic carbocycles. The highest BCUT2D eigenvalue weighted by Gasteiger charge is 2.31. The largest absolute Gasteiger partial charge is 0.489 e. The number of ether oxygens (including phenoxy) is 1. The van der Waals surface area contributed by atoms with Crippen LogP contribution in [-0.2, 0) is 22.7 Å². The number of nitrogens with one attached hydrogen (secondary N) is 1. The Kier molecular flexibility index (Phi) is 6.44. The summed E-state index contributed by atoms with van der Waals surface area (Å²) in [6.07, 6.45) is 1.41. The number of hydrogen-bond donors (Lipinski definition) is 2. The molecule has 0 spiro atoms. The van der Waals surface area contributed by atoms with E-state index in [9.17, 15) is 14.7 Å². The molecule has 1 fully saturated rings. The highest BCUT2D eigenvalue weighted by atomic mass is 16.5. The third-order valence-corrected chi connectivity index (χ3v) is 4.73. The van der Waals surface area contributed by atoms with Gasteiger partial charge in [-0.15, -0.1) is 0 Å². The highest BCUT2D eigenvalue weighted by Crippen LogP contribution is 2.17. The molecule has 0 bridgehead atoms. The second-order valence-electron chi connectivity index (χ2n) is 6.61. The van der Waals surface area contributed by atoms with Crippen LogP contribution in [0, 0.1) is 0 Å². The SMILES string of the molecule is O=C(CN1CCCC1C(=O)O)NCc1ccccc1COc1ccccc1. The van der Waals surface area contributed by atoms with E-state index in [4.69, 9.17) is 4.74 Å². The molecule has 1 unspecified atom stereocenters. The van der Waals surface area contributed by atoms with Crippen molar-refractivity contribution in [2.75, 3.05) is 13.1 Å². The topological polar surface area (TPSA) is 78.9 Å². The van der Waals surface area contributed by atoms with E-state index in [0.29, 0.717) is 26.1 Å². The van der Waals surface area contributed by atoms with Crippen LogP contribution in [-0.4, -0.2) is 41.0 Å². The summed E-state index contributed by atoms with van der Waals surface area (Å²) in [4.78, 5) is 25.2. The van der Waals surface area contributed by atoms with Crippen molar-refractivity contribution in [1.82, 2.24) is 10.2 Å². The molecule has 1 amide bonds. The molecule has 0 aromatic heterocycles. The number of aliphatic carboxylic acids is 1. The number of rotatable bonds is 8. The molecule has 2 aromatic carbocycles. The van der Waals surface area contributed by atoms with Crippen molar-refractivity contribution >= 4 is 11.9 Å². The van der Waals surface area contributed by atoms with Gasteiger partial charge in [-0.2, -0.15) is 0 Å². The zero-order valence-corrected chi connectivity index (χ0v) is 15.1. The molecule has 1 heterocycles. The molecule has 1 saturated heterocycles. The minimum absolute atomic E-state index is 0.111. The van der Waals surface area contributed by atoms with Crippen LogP contribution in [0.5, 0.6) is 5.75 Å². The second kappa shape index (κ2) is 9.19. The van der Waals surface area contributed by atoms with E-state index >= 15 is 0 Å². The van der Waals surface area contributed by atoms with E-state index in [2.05, 4.69) is 5.32 Å². The lowest BCUT2D eigenvalue weighted by atomic mass is 10.1. The van der Waals surface area contributed by atoms with Crippen molar-refractivity contribution < 1.29 is 19.4 Å². The quantitative estimate of drug-likeness (QED) is 0.748. The summed E-state index contributed by atoms with van der Waals surface area (Å²) in [7, 11) is 0. The summed E-state index contributed by atoms with van der Waals surface area (Å²) in [5.74, 6) is -0.226. The predicted octanol–water partition coefficient (Wildman–Crippen LogP) is 2.43. The van der Waals surface area contributed by atoms with Crippen molar-refractivity contribution in [3.63, 3.8) is 0 Å². The first-order valence-corrected chi connectivity index (χ1v) is 9.11. The van der Waals surface area contributed by atoms with Crippen LogP contribution >= 0.6 is 0 Å². The monoisotopic (exact) mass is 368 g/mol. The molecular weight excluding hydrogens is 344 g/mol. The van der Waals surface area contributed by atoms with E-state index in [1.807, 2.05) is 54.6 Å². The third kappa shape index (κ3) is 5.31. The number of benzene rings is 2. The van der Waals surface area contributed by atoms with Gasteiger partial charge in [-0.25, -0.2) is 0 Å². The van der Waals surface area contributed by atoms with Gasteiger partial charge in [0.05, 0.1) is 6.54 Å². The Bertz CT molecular complexity index is 779. The smallest absolute Gasteiger partial charge is 0.320 e. The minimum Gasteiger partial charge on any atom is -0.489 e. The number of amides is 1. The van der Waals surface area contributed by atoms with Gasteiger partial charge in [0.25, 0.3) is 0 Å².